The van der Waals surface area contributed by atoms with E-state index < -0.39 is 0 Å². The van der Waals surface area contributed by atoms with Crippen LogP contribution in [0.1, 0.15) is 24.5 Å². The van der Waals surface area contributed by atoms with Gasteiger partial charge in [-0.2, -0.15) is 0 Å². The summed E-state index contributed by atoms with van der Waals surface area (Å²) in [6.07, 6.45) is 0.194. The van der Waals surface area contributed by atoms with Gasteiger partial charge >= 0.3 is 5.97 Å². The van der Waals surface area contributed by atoms with E-state index in [1.807, 2.05) is 12.3 Å². The molecule has 8 heteroatoms. The van der Waals surface area contributed by atoms with E-state index in [2.05, 4.69) is 4.98 Å². The first-order chi connectivity index (χ1) is 12.9. The lowest BCUT2D eigenvalue weighted by Gasteiger charge is -2.23. The maximum Gasteiger partial charge on any atom is 0.310 e. The summed E-state index contributed by atoms with van der Waals surface area (Å²) in [5.41, 5.74) is 0.698. The third-order valence-electron chi connectivity index (χ3n) is 3.94. The number of likely N-dealkylation sites (N-methyl/N-ethyl adjacent to an activating group) is 1. The monoisotopic (exact) mass is 410 g/mol. The number of ether oxygens (including phenoxy) is 2. The van der Waals surface area contributed by atoms with E-state index in [9.17, 15) is 9.59 Å². The molecule has 0 aliphatic rings. The van der Waals surface area contributed by atoms with Gasteiger partial charge in [0.25, 0.3) is 0 Å². The third kappa shape index (κ3) is 6.52. The first-order valence-corrected chi connectivity index (χ1v) is 9.86. The van der Waals surface area contributed by atoms with E-state index >= 15 is 0 Å². The number of rotatable bonds is 9. The van der Waals surface area contributed by atoms with Crippen LogP contribution in [-0.2, 0) is 27.4 Å². The molecule has 2 aromatic rings. The molecule has 0 spiro atoms. The highest BCUT2D eigenvalue weighted by Crippen LogP contribution is 2.18. The number of hydrogen-bond donors (Lipinski definition) is 0. The fraction of sp³-hybridized carbons (Fsp3) is 0.421. The van der Waals surface area contributed by atoms with Crippen molar-refractivity contribution in [2.24, 2.45) is 5.92 Å². The molecule has 0 radical (unpaired) electrons. The number of benzene rings is 1. The first kappa shape index (κ1) is 21.2. The Labute approximate surface area is 168 Å². The number of thiazole rings is 1. The Morgan fingerprint density at radius 1 is 1.30 bits per heavy atom. The van der Waals surface area contributed by atoms with Gasteiger partial charge in [0.2, 0.25) is 5.91 Å². The Hall–Kier alpha value is -2.12. The average molecular weight is 411 g/mol. The van der Waals surface area contributed by atoms with Gasteiger partial charge in [0.1, 0.15) is 17.4 Å². The minimum absolute atomic E-state index is 0.0660. The van der Waals surface area contributed by atoms with Crippen molar-refractivity contribution in [1.29, 1.82) is 0 Å². The second-order valence-electron chi connectivity index (χ2n) is 6.01. The molecule has 0 saturated carbocycles. The SMILES string of the molecule is CCN(CC(C)C(=O)OC)C(=O)Cc1csc(COc2ccc(Cl)cc2)n1. The fourth-order valence-electron chi connectivity index (χ4n) is 2.45. The van der Waals surface area contributed by atoms with Crippen LogP contribution in [0.25, 0.3) is 0 Å². The van der Waals surface area contributed by atoms with Crippen LogP contribution in [0.2, 0.25) is 5.02 Å². The molecule has 0 bridgehead atoms. The Kier molecular flexibility index (Phi) is 8.06. The molecule has 0 N–H and O–H groups in total. The van der Waals surface area contributed by atoms with Gasteiger partial charge in [-0.15, -0.1) is 11.3 Å². The first-order valence-electron chi connectivity index (χ1n) is 8.60. The predicted octanol–water partition coefficient (Wildman–Crippen LogP) is 3.58. The molecule has 6 nitrogen and oxygen atoms in total. The van der Waals surface area contributed by atoms with Gasteiger partial charge in [0.05, 0.1) is 25.1 Å². The molecule has 1 heterocycles. The number of carbonyl (C=O) groups is 2. The minimum atomic E-state index is -0.363. The maximum atomic E-state index is 12.5. The number of methoxy groups -OCH3 is 1. The molecule has 1 aromatic carbocycles. The van der Waals surface area contributed by atoms with E-state index in [1.165, 1.54) is 18.4 Å². The second kappa shape index (κ2) is 10.3. The minimum Gasteiger partial charge on any atom is -0.486 e. The van der Waals surface area contributed by atoms with Gasteiger partial charge in [-0.1, -0.05) is 18.5 Å². The average Bonchev–Trinajstić information content (AvgIpc) is 3.11. The van der Waals surface area contributed by atoms with Gasteiger partial charge in [-0.3, -0.25) is 9.59 Å². The van der Waals surface area contributed by atoms with Crippen molar-refractivity contribution in [3.63, 3.8) is 0 Å². The summed E-state index contributed by atoms with van der Waals surface area (Å²) >= 11 is 7.30. The normalized spacial score (nSPS) is 11.7. The highest BCUT2D eigenvalue weighted by Gasteiger charge is 2.21. The summed E-state index contributed by atoms with van der Waals surface area (Å²) in [7, 11) is 1.35. The number of esters is 1. The van der Waals surface area contributed by atoms with Crippen LogP contribution in [0, 0.1) is 5.92 Å². The zero-order valence-corrected chi connectivity index (χ0v) is 17.2. The molecular formula is C19H23ClN2O4S. The summed E-state index contributed by atoms with van der Waals surface area (Å²) in [4.78, 5) is 30.2. The molecule has 27 heavy (non-hydrogen) atoms. The van der Waals surface area contributed by atoms with Gasteiger partial charge in [0.15, 0.2) is 0 Å². The van der Waals surface area contributed by atoms with Crippen molar-refractivity contribution in [3.8, 4) is 5.75 Å². The summed E-state index contributed by atoms with van der Waals surface area (Å²) in [5.74, 6) is -0.0425. The van der Waals surface area contributed by atoms with Crippen LogP contribution in [0.15, 0.2) is 29.6 Å². The van der Waals surface area contributed by atoms with E-state index in [0.717, 1.165) is 5.01 Å². The number of amides is 1. The van der Waals surface area contributed by atoms with Gasteiger partial charge in [-0.05, 0) is 31.2 Å². The van der Waals surface area contributed by atoms with Crippen molar-refractivity contribution < 1.29 is 19.1 Å². The van der Waals surface area contributed by atoms with Crippen LogP contribution >= 0.6 is 22.9 Å². The van der Waals surface area contributed by atoms with Crippen molar-refractivity contribution in [2.75, 3.05) is 20.2 Å². The topological polar surface area (TPSA) is 68.7 Å². The van der Waals surface area contributed by atoms with Crippen LogP contribution in [0.3, 0.4) is 0 Å². The van der Waals surface area contributed by atoms with Crippen LogP contribution in [0.4, 0.5) is 0 Å². The summed E-state index contributed by atoms with van der Waals surface area (Å²) in [5, 5.41) is 3.30. The van der Waals surface area contributed by atoms with Crippen molar-refractivity contribution >= 4 is 34.8 Å². The zero-order chi connectivity index (χ0) is 19.8. The number of halogens is 1. The Balaban J connectivity index is 1.88. The molecule has 0 aliphatic carbocycles. The molecule has 0 fully saturated rings. The van der Waals surface area contributed by atoms with Crippen molar-refractivity contribution in [2.45, 2.75) is 26.9 Å². The largest absolute Gasteiger partial charge is 0.486 e. The molecule has 146 valence electrons. The highest BCUT2D eigenvalue weighted by molar-refractivity contribution is 7.09. The second-order valence-corrected chi connectivity index (χ2v) is 7.39. The molecular weight excluding hydrogens is 388 g/mol. The number of hydrogen-bond acceptors (Lipinski definition) is 6. The van der Waals surface area contributed by atoms with Crippen LogP contribution in [0.5, 0.6) is 5.75 Å². The molecule has 1 amide bonds. The van der Waals surface area contributed by atoms with E-state index in [4.69, 9.17) is 21.1 Å². The predicted molar refractivity (Wildman–Crippen MR) is 105 cm³/mol. The summed E-state index contributed by atoms with van der Waals surface area (Å²) in [6.45, 7) is 4.82. The third-order valence-corrected chi connectivity index (χ3v) is 5.06. The quantitative estimate of drug-likeness (QED) is 0.591. The van der Waals surface area contributed by atoms with E-state index in [0.29, 0.717) is 36.2 Å². The van der Waals surface area contributed by atoms with E-state index in [-0.39, 0.29) is 24.2 Å². The number of nitrogens with zero attached hydrogens (tertiary/aromatic N) is 2. The molecule has 2 rings (SSSR count). The Morgan fingerprint density at radius 2 is 2.00 bits per heavy atom. The zero-order valence-electron chi connectivity index (χ0n) is 15.6. The van der Waals surface area contributed by atoms with Gasteiger partial charge in [0, 0.05) is 23.5 Å². The fourth-order valence-corrected chi connectivity index (χ4v) is 3.28. The molecule has 1 aromatic heterocycles. The number of carbonyl (C=O) groups excluding carboxylic acids is 2. The van der Waals surface area contributed by atoms with E-state index in [1.54, 1.807) is 36.1 Å². The Bertz CT molecular complexity index is 763. The summed E-state index contributed by atoms with van der Waals surface area (Å²) < 4.78 is 10.4. The smallest absolute Gasteiger partial charge is 0.310 e. The van der Waals surface area contributed by atoms with Crippen LogP contribution < -0.4 is 4.74 Å². The Morgan fingerprint density at radius 3 is 2.63 bits per heavy atom. The van der Waals surface area contributed by atoms with Crippen molar-refractivity contribution in [3.05, 3.63) is 45.4 Å². The van der Waals surface area contributed by atoms with Crippen molar-refractivity contribution in [1.82, 2.24) is 9.88 Å². The van der Waals surface area contributed by atoms with Crippen LogP contribution in [-0.4, -0.2) is 42.0 Å². The standard InChI is InChI=1S/C19H23ClN2O4S/c1-4-22(10-13(2)19(24)25-3)18(23)9-15-12-27-17(21-15)11-26-16-7-5-14(20)6-8-16/h5-8,12-13H,4,9-11H2,1-3H3. The lowest BCUT2D eigenvalue weighted by molar-refractivity contribution is -0.146. The molecule has 1 atom stereocenters. The molecule has 0 saturated heterocycles. The lowest BCUT2D eigenvalue weighted by Crippen LogP contribution is -2.38. The van der Waals surface area contributed by atoms with Gasteiger partial charge < -0.3 is 14.4 Å². The highest BCUT2D eigenvalue weighted by atomic mass is 35.5. The molecule has 0 aliphatic heterocycles. The maximum absolute atomic E-state index is 12.5. The molecule has 1 unspecified atom stereocenters. The summed E-state index contributed by atoms with van der Waals surface area (Å²) in [6, 6.07) is 7.11. The lowest BCUT2D eigenvalue weighted by atomic mass is 10.1. The van der Waals surface area contributed by atoms with Gasteiger partial charge in [-0.25, -0.2) is 4.98 Å². The number of aromatic nitrogens is 1.